The van der Waals surface area contributed by atoms with Crippen molar-refractivity contribution in [3.05, 3.63) is 30.3 Å². The Kier molecular flexibility index (Phi) is 11.0. The largest absolute Gasteiger partial charge is 1.00 e. The summed E-state index contributed by atoms with van der Waals surface area (Å²) in [7, 11) is 0. The van der Waals surface area contributed by atoms with Crippen LogP contribution < -0.4 is 9.13 Å². The molecule has 0 amide bonds. The van der Waals surface area contributed by atoms with Crippen molar-refractivity contribution >= 4 is 19.6 Å². The maximum Gasteiger partial charge on any atom is -1.00 e. The second kappa shape index (κ2) is 11.2. The van der Waals surface area contributed by atoms with E-state index >= 15 is 0 Å². The van der Waals surface area contributed by atoms with Gasteiger partial charge < -0.3 is 4.70 Å². The van der Waals surface area contributed by atoms with E-state index in [1.54, 1.807) is 4.43 Å². The molecule has 0 atom stereocenters. The first-order valence-corrected chi connectivity index (χ1v) is 7.71. The van der Waals surface area contributed by atoms with Crippen molar-refractivity contribution in [2.75, 3.05) is 0 Å². The van der Waals surface area contributed by atoms with E-state index < -0.39 is 0 Å². The number of unbranched alkanes of at least 4 members (excludes halogenated alkanes) is 5. The van der Waals surface area contributed by atoms with Gasteiger partial charge in [-0.05, 0) is 0 Å². The zero-order valence-electron chi connectivity index (χ0n) is 10.3. The van der Waals surface area contributed by atoms with Crippen LogP contribution in [0.2, 0.25) is 5.28 Å². The Balaban J connectivity index is 0.00000225. The molecule has 2 heteroatoms. The Morgan fingerprint density at radius 3 is 2.19 bits per heavy atom. The second-order valence-corrected chi connectivity index (χ2v) is 5.82. The molecule has 16 heavy (non-hydrogen) atoms. The SMILES string of the molecule is CCCCCCC[CH2][Al+][c]1ccccc1.[F-]. The van der Waals surface area contributed by atoms with Gasteiger partial charge in [0.1, 0.15) is 0 Å². The van der Waals surface area contributed by atoms with E-state index in [1.807, 2.05) is 0 Å². The molecule has 0 saturated carbocycles. The van der Waals surface area contributed by atoms with Crippen LogP contribution in [0.25, 0.3) is 0 Å². The number of hydrogen-bond acceptors (Lipinski definition) is 0. The molecule has 0 spiro atoms. The molecule has 1 aromatic rings. The Bertz CT molecular complexity index is 236. The minimum absolute atomic E-state index is 0. The minimum atomic E-state index is 0. The molecule has 0 radical (unpaired) electrons. The topological polar surface area (TPSA) is 0 Å². The number of rotatable bonds is 8. The predicted octanol–water partition coefficient (Wildman–Crippen LogP) is 0.799. The molecule has 0 heterocycles. The van der Waals surface area contributed by atoms with Crippen LogP contribution in [0.15, 0.2) is 30.3 Å². The van der Waals surface area contributed by atoms with Crippen LogP contribution in [0.4, 0.5) is 0 Å². The summed E-state index contributed by atoms with van der Waals surface area (Å²) in [6, 6.07) is 11.0. The summed E-state index contributed by atoms with van der Waals surface area (Å²) in [4.78, 5) is 0. The monoisotopic (exact) mass is 236 g/mol. The van der Waals surface area contributed by atoms with Gasteiger partial charge in [0, 0.05) is 0 Å². The van der Waals surface area contributed by atoms with E-state index in [2.05, 4.69) is 37.3 Å². The van der Waals surface area contributed by atoms with Gasteiger partial charge in [-0.2, -0.15) is 0 Å². The minimum Gasteiger partial charge on any atom is -1.00 e. The zero-order chi connectivity index (χ0) is 10.8. The summed E-state index contributed by atoms with van der Waals surface area (Å²) in [5.74, 6) is 0. The predicted molar refractivity (Wildman–Crippen MR) is 70.0 cm³/mol. The number of halogens is 1. The van der Waals surface area contributed by atoms with E-state index in [9.17, 15) is 0 Å². The van der Waals surface area contributed by atoms with Gasteiger partial charge in [-0.15, -0.1) is 0 Å². The molecular weight excluding hydrogens is 214 g/mol. The molecule has 0 aliphatic carbocycles. The molecule has 0 unspecified atom stereocenters. The molecule has 0 aromatic heterocycles. The summed E-state index contributed by atoms with van der Waals surface area (Å²) in [6.45, 7) is 2.28. The van der Waals surface area contributed by atoms with Crippen molar-refractivity contribution in [2.45, 2.75) is 50.7 Å². The Morgan fingerprint density at radius 1 is 0.875 bits per heavy atom. The molecule has 1 aromatic carbocycles. The van der Waals surface area contributed by atoms with Crippen molar-refractivity contribution in [2.24, 2.45) is 0 Å². The van der Waals surface area contributed by atoms with Gasteiger partial charge in [0.2, 0.25) is 0 Å². The second-order valence-electron chi connectivity index (χ2n) is 4.17. The van der Waals surface area contributed by atoms with E-state index in [1.165, 1.54) is 43.8 Å². The van der Waals surface area contributed by atoms with Crippen molar-refractivity contribution in [1.29, 1.82) is 0 Å². The van der Waals surface area contributed by atoms with Gasteiger partial charge in [0.05, 0.1) is 0 Å². The quantitative estimate of drug-likeness (QED) is 0.462. The third-order valence-corrected chi connectivity index (χ3v) is 4.29. The first kappa shape index (κ1) is 15.7. The van der Waals surface area contributed by atoms with Crippen molar-refractivity contribution in [1.82, 2.24) is 0 Å². The van der Waals surface area contributed by atoms with Crippen LogP contribution in [0.5, 0.6) is 0 Å². The normalized spacial score (nSPS) is 9.31. The van der Waals surface area contributed by atoms with Gasteiger partial charge in [-0.1, -0.05) is 0 Å². The molecule has 88 valence electrons. The molecule has 0 saturated heterocycles. The Hall–Kier alpha value is -0.318. The van der Waals surface area contributed by atoms with Crippen LogP contribution in [0.1, 0.15) is 45.4 Å². The van der Waals surface area contributed by atoms with Gasteiger partial charge in [-0.3, -0.25) is 0 Å². The van der Waals surface area contributed by atoms with Crippen molar-refractivity contribution in [3.63, 3.8) is 0 Å². The first-order valence-electron chi connectivity index (χ1n) is 6.31. The number of hydrogen-bond donors (Lipinski definition) is 0. The van der Waals surface area contributed by atoms with Crippen LogP contribution in [0, 0.1) is 0 Å². The molecule has 1 rings (SSSR count). The fraction of sp³-hybridized carbons (Fsp3) is 0.571. The van der Waals surface area contributed by atoms with Gasteiger partial charge in [0.15, 0.2) is 0 Å². The molecule has 0 aliphatic rings. The standard InChI is InChI=1S/C8H17.C6H5.Al.FH/c1-3-5-7-8-6-4-2;1-2-4-6-5-3-1;;/h1,3-8H2,2H3;1-5H;;1H/q;;+1;/p-1. The summed E-state index contributed by atoms with van der Waals surface area (Å²) in [6.07, 6.45) is 8.55. The Labute approximate surface area is 106 Å². The fourth-order valence-corrected chi connectivity index (χ4v) is 3.10. The molecule has 0 nitrogen and oxygen atoms in total. The third kappa shape index (κ3) is 7.91. The molecular formula is C14H22AlF. The molecule has 0 aliphatic heterocycles. The summed E-state index contributed by atoms with van der Waals surface area (Å²) in [5.41, 5.74) is 0. The average Bonchev–Trinajstić information content (AvgIpc) is 2.29. The van der Waals surface area contributed by atoms with Crippen LogP contribution in [0.3, 0.4) is 0 Å². The third-order valence-electron chi connectivity index (χ3n) is 2.74. The first-order chi connectivity index (χ1) is 7.43. The van der Waals surface area contributed by atoms with E-state index in [0.29, 0.717) is 15.2 Å². The summed E-state index contributed by atoms with van der Waals surface area (Å²) < 4.78 is 1.58. The van der Waals surface area contributed by atoms with Crippen molar-refractivity contribution < 1.29 is 4.70 Å². The van der Waals surface area contributed by atoms with Crippen molar-refractivity contribution in [3.8, 4) is 0 Å². The van der Waals surface area contributed by atoms with Gasteiger partial charge in [-0.25, -0.2) is 0 Å². The van der Waals surface area contributed by atoms with Gasteiger partial charge >= 0.3 is 101 Å². The smallest absolute Gasteiger partial charge is 1.00 e. The van der Waals surface area contributed by atoms with Crippen LogP contribution >= 0.6 is 0 Å². The average molecular weight is 236 g/mol. The maximum absolute atomic E-state index is 2.28. The molecule has 0 N–H and O–H groups in total. The van der Waals surface area contributed by atoms with Crippen LogP contribution in [-0.2, 0) is 0 Å². The maximum atomic E-state index is 2.28. The number of benzene rings is 1. The molecule has 0 fully saturated rings. The fourth-order valence-electron chi connectivity index (χ4n) is 1.78. The summed E-state index contributed by atoms with van der Waals surface area (Å²) >= 11 is 0.533. The summed E-state index contributed by atoms with van der Waals surface area (Å²) in [5, 5.41) is 1.44. The van der Waals surface area contributed by atoms with E-state index in [-0.39, 0.29) is 4.70 Å². The molecule has 0 bridgehead atoms. The van der Waals surface area contributed by atoms with Gasteiger partial charge in [0.25, 0.3) is 0 Å². The van der Waals surface area contributed by atoms with E-state index in [0.717, 1.165) is 0 Å². The zero-order valence-corrected chi connectivity index (χ0v) is 11.4. The van der Waals surface area contributed by atoms with E-state index in [4.69, 9.17) is 0 Å². The van der Waals surface area contributed by atoms with Crippen LogP contribution in [-0.4, -0.2) is 15.2 Å². The Morgan fingerprint density at radius 2 is 1.50 bits per heavy atom.